The molecule has 1 aliphatic heterocycles. The lowest BCUT2D eigenvalue weighted by Crippen LogP contribution is -2.19. The van der Waals surface area contributed by atoms with Gasteiger partial charge in [-0.1, -0.05) is 68.0 Å². The number of benzene rings is 2. The minimum atomic E-state index is -3.66. The number of carbonyl (C=O) groups is 1. The number of sulfonamides is 1. The zero-order valence-electron chi connectivity index (χ0n) is 18.8. The average Bonchev–Trinajstić information content (AvgIpc) is 3.37. The van der Waals surface area contributed by atoms with Crippen molar-refractivity contribution in [3.8, 4) is 0 Å². The highest BCUT2D eigenvalue weighted by atomic mass is 32.2. The molecule has 0 aliphatic carbocycles. The van der Waals surface area contributed by atoms with Crippen LogP contribution in [0.15, 0.2) is 59.5 Å². The quantitative estimate of drug-likeness (QED) is 0.338. The topological polar surface area (TPSA) is 63.5 Å². The molecule has 0 spiro atoms. The van der Waals surface area contributed by atoms with Crippen molar-refractivity contribution in [1.82, 2.24) is 4.31 Å². The molecule has 5 nitrogen and oxygen atoms in total. The molecule has 0 radical (unpaired) electrons. The van der Waals surface area contributed by atoms with E-state index in [1.807, 2.05) is 63.2 Å². The Hall–Kier alpha value is -2.44. The molecule has 2 aromatic carbocycles. The van der Waals surface area contributed by atoms with Gasteiger partial charge < -0.3 is 4.74 Å². The second-order valence-corrected chi connectivity index (χ2v) is 10.5. The third-order valence-corrected chi connectivity index (χ3v) is 7.66. The van der Waals surface area contributed by atoms with Gasteiger partial charge in [-0.15, -0.1) is 0 Å². The normalized spacial score (nSPS) is 20.9. The van der Waals surface area contributed by atoms with Crippen LogP contribution in [0.25, 0.3) is 0 Å². The Kier molecular flexibility index (Phi) is 7.02. The SMILES string of the molecule is Cc1cc(C)c(S(=O)(=O)N2[C@H](/C=C/C(=O)OCc3ccccc3)[C@@H]2CC(C)C)c(C)c1. The second-order valence-electron chi connectivity index (χ2n) is 8.70. The van der Waals surface area contributed by atoms with Gasteiger partial charge in [0.15, 0.2) is 0 Å². The maximum atomic E-state index is 13.5. The minimum absolute atomic E-state index is 0.150. The molecule has 1 saturated heterocycles. The van der Waals surface area contributed by atoms with Gasteiger partial charge >= 0.3 is 5.97 Å². The summed E-state index contributed by atoms with van der Waals surface area (Å²) in [6.07, 6.45) is 3.75. The van der Waals surface area contributed by atoms with Crippen molar-refractivity contribution in [2.45, 2.75) is 64.6 Å². The van der Waals surface area contributed by atoms with E-state index in [0.717, 1.165) is 28.7 Å². The molecule has 0 amide bonds. The highest BCUT2D eigenvalue weighted by Gasteiger charge is 2.54. The van der Waals surface area contributed by atoms with Crippen LogP contribution in [0.2, 0.25) is 0 Å². The molecule has 0 saturated carbocycles. The van der Waals surface area contributed by atoms with Crippen LogP contribution in [0.4, 0.5) is 0 Å². The molecule has 1 heterocycles. The fourth-order valence-corrected chi connectivity index (χ4v) is 6.37. The molecule has 6 heteroatoms. The van der Waals surface area contributed by atoms with Crippen LogP contribution in [0.5, 0.6) is 0 Å². The maximum Gasteiger partial charge on any atom is 0.330 e. The Morgan fingerprint density at radius 3 is 2.29 bits per heavy atom. The molecule has 0 bridgehead atoms. The zero-order chi connectivity index (χ0) is 22.8. The van der Waals surface area contributed by atoms with Crippen LogP contribution in [-0.4, -0.2) is 30.8 Å². The Labute approximate surface area is 185 Å². The Morgan fingerprint density at radius 2 is 1.71 bits per heavy atom. The Balaban J connectivity index is 1.76. The molecular formula is C25H31NO4S. The highest BCUT2D eigenvalue weighted by Crippen LogP contribution is 2.42. The summed E-state index contributed by atoms with van der Waals surface area (Å²) < 4.78 is 33.8. The van der Waals surface area contributed by atoms with Crippen LogP contribution >= 0.6 is 0 Å². The van der Waals surface area contributed by atoms with E-state index in [1.165, 1.54) is 10.4 Å². The van der Waals surface area contributed by atoms with Gasteiger partial charge in [-0.25, -0.2) is 13.2 Å². The summed E-state index contributed by atoms with van der Waals surface area (Å²) in [5.74, 6) is -0.134. The highest BCUT2D eigenvalue weighted by molar-refractivity contribution is 7.89. The number of hydrogen-bond acceptors (Lipinski definition) is 4. The van der Waals surface area contributed by atoms with Crippen molar-refractivity contribution in [3.63, 3.8) is 0 Å². The smallest absolute Gasteiger partial charge is 0.330 e. The molecule has 31 heavy (non-hydrogen) atoms. The maximum absolute atomic E-state index is 13.5. The first kappa shape index (κ1) is 23.2. The average molecular weight is 442 g/mol. The fraction of sp³-hybridized carbons (Fsp3) is 0.400. The van der Waals surface area contributed by atoms with E-state index < -0.39 is 16.0 Å². The van der Waals surface area contributed by atoms with E-state index in [2.05, 4.69) is 13.8 Å². The number of hydrogen-bond donors (Lipinski definition) is 0. The van der Waals surface area contributed by atoms with Gasteiger partial charge in [-0.2, -0.15) is 4.31 Å². The summed E-state index contributed by atoms with van der Waals surface area (Å²) in [5.41, 5.74) is 3.44. The standard InChI is InChI=1S/C25H31NO4S/c1-17(2)13-23-22(11-12-24(27)30-16-21-9-7-6-8-10-21)26(23)31(28,29)25-19(4)14-18(3)15-20(25)5/h6-12,14-15,17,22-23H,13,16H2,1-5H3/b12-11+/t22-,23+,26?/m1/s1. The van der Waals surface area contributed by atoms with Crippen LogP contribution in [0.3, 0.4) is 0 Å². The lowest BCUT2D eigenvalue weighted by atomic mass is 10.1. The molecule has 2 aromatic rings. The first-order valence-corrected chi connectivity index (χ1v) is 12.1. The van der Waals surface area contributed by atoms with E-state index >= 15 is 0 Å². The third-order valence-electron chi connectivity index (χ3n) is 5.43. The molecule has 1 unspecified atom stereocenters. The van der Waals surface area contributed by atoms with Gasteiger partial charge in [0.05, 0.1) is 10.9 Å². The van der Waals surface area contributed by atoms with E-state index in [0.29, 0.717) is 10.8 Å². The Bertz CT molecular complexity index is 1050. The number of aryl methyl sites for hydroxylation is 3. The number of esters is 1. The van der Waals surface area contributed by atoms with Crippen molar-refractivity contribution in [3.05, 3.63) is 76.9 Å². The lowest BCUT2D eigenvalue weighted by molar-refractivity contribution is -0.139. The van der Waals surface area contributed by atoms with E-state index in [9.17, 15) is 13.2 Å². The van der Waals surface area contributed by atoms with E-state index in [-0.39, 0.29) is 18.7 Å². The van der Waals surface area contributed by atoms with Crippen LogP contribution in [0.1, 0.15) is 42.5 Å². The number of ether oxygens (including phenoxy) is 1. The predicted molar refractivity (Wildman–Crippen MR) is 122 cm³/mol. The van der Waals surface area contributed by atoms with E-state index in [1.54, 1.807) is 6.08 Å². The summed E-state index contributed by atoms with van der Waals surface area (Å²) in [6, 6.07) is 12.8. The van der Waals surface area contributed by atoms with Crippen molar-refractivity contribution in [2.75, 3.05) is 0 Å². The van der Waals surface area contributed by atoms with E-state index in [4.69, 9.17) is 4.74 Å². The molecule has 0 N–H and O–H groups in total. The van der Waals surface area contributed by atoms with Crippen molar-refractivity contribution < 1.29 is 17.9 Å². The summed E-state index contributed by atoms with van der Waals surface area (Å²) in [5, 5.41) is 0. The van der Waals surface area contributed by atoms with Gasteiger partial charge in [0.25, 0.3) is 0 Å². The summed E-state index contributed by atoms with van der Waals surface area (Å²) in [4.78, 5) is 12.5. The van der Waals surface area contributed by atoms with Gasteiger partial charge in [-0.05, 0) is 49.8 Å². The first-order chi connectivity index (χ1) is 14.6. The summed E-state index contributed by atoms with van der Waals surface area (Å²) >= 11 is 0. The second kappa shape index (κ2) is 9.37. The van der Waals surface area contributed by atoms with Gasteiger partial charge in [0, 0.05) is 12.1 Å². The van der Waals surface area contributed by atoms with Crippen LogP contribution in [0, 0.1) is 26.7 Å². The molecule has 1 fully saturated rings. The predicted octanol–water partition coefficient (Wildman–Crippen LogP) is 4.70. The summed E-state index contributed by atoms with van der Waals surface area (Å²) in [6.45, 7) is 9.95. The molecular weight excluding hydrogens is 410 g/mol. The van der Waals surface area contributed by atoms with Crippen molar-refractivity contribution in [2.24, 2.45) is 5.92 Å². The van der Waals surface area contributed by atoms with Gasteiger partial charge in [0.2, 0.25) is 10.0 Å². The molecule has 3 rings (SSSR count). The first-order valence-electron chi connectivity index (χ1n) is 10.6. The number of rotatable bonds is 8. The Morgan fingerprint density at radius 1 is 1.10 bits per heavy atom. The van der Waals surface area contributed by atoms with Gasteiger partial charge in [0.1, 0.15) is 6.61 Å². The van der Waals surface area contributed by atoms with Gasteiger partial charge in [-0.3, -0.25) is 0 Å². The third kappa shape index (κ3) is 5.43. The molecule has 0 aromatic heterocycles. The van der Waals surface area contributed by atoms with Crippen molar-refractivity contribution in [1.29, 1.82) is 0 Å². The minimum Gasteiger partial charge on any atom is -0.458 e. The molecule has 3 atom stereocenters. The number of nitrogens with zero attached hydrogens (tertiary/aromatic N) is 1. The van der Waals surface area contributed by atoms with Crippen molar-refractivity contribution >= 4 is 16.0 Å². The fourth-order valence-electron chi connectivity index (χ4n) is 4.19. The number of carbonyl (C=O) groups excluding carboxylic acids is 1. The van der Waals surface area contributed by atoms with Crippen LogP contribution in [-0.2, 0) is 26.2 Å². The largest absolute Gasteiger partial charge is 0.458 e. The molecule has 1 aliphatic rings. The summed E-state index contributed by atoms with van der Waals surface area (Å²) in [7, 11) is -3.66. The lowest BCUT2D eigenvalue weighted by Gasteiger charge is -2.14. The monoisotopic (exact) mass is 441 g/mol. The van der Waals surface area contributed by atoms with Crippen LogP contribution < -0.4 is 0 Å². The molecule has 166 valence electrons. The zero-order valence-corrected chi connectivity index (χ0v) is 19.6.